The van der Waals surface area contributed by atoms with E-state index in [0.717, 1.165) is 18.8 Å². The van der Waals surface area contributed by atoms with E-state index in [1.54, 1.807) is 11.1 Å². The maximum absolute atomic E-state index is 4.44. The monoisotopic (exact) mass is 283 g/mol. The van der Waals surface area contributed by atoms with Gasteiger partial charge in [-0.2, -0.15) is 0 Å². The van der Waals surface area contributed by atoms with Crippen LogP contribution >= 0.6 is 0 Å². The molecule has 3 nitrogen and oxygen atoms in total. The van der Waals surface area contributed by atoms with E-state index in [4.69, 9.17) is 0 Å². The van der Waals surface area contributed by atoms with Crippen molar-refractivity contribution < 1.29 is 0 Å². The summed E-state index contributed by atoms with van der Waals surface area (Å²) in [5, 5.41) is 3.55. The molecule has 1 aliphatic rings. The zero-order valence-corrected chi connectivity index (χ0v) is 13.0. The second-order valence-electron chi connectivity index (χ2n) is 6.16. The highest BCUT2D eigenvalue weighted by molar-refractivity contribution is 5.30. The van der Waals surface area contributed by atoms with Gasteiger partial charge in [-0.05, 0) is 49.8 Å². The normalized spacial score (nSPS) is 19.2. The fraction of sp³-hybridized carbons (Fsp3) is 0.500. The number of hydrogen-bond acceptors (Lipinski definition) is 2. The fourth-order valence-electron chi connectivity index (χ4n) is 3.61. The second-order valence-corrected chi connectivity index (χ2v) is 6.16. The molecule has 112 valence electrons. The summed E-state index contributed by atoms with van der Waals surface area (Å²) in [7, 11) is 4.18. The molecule has 1 aliphatic carbocycles. The average molecular weight is 283 g/mol. The molecule has 0 saturated heterocycles. The van der Waals surface area contributed by atoms with Gasteiger partial charge in [0.25, 0.3) is 0 Å². The molecule has 1 heterocycles. The fourth-order valence-corrected chi connectivity index (χ4v) is 3.61. The lowest BCUT2D eigenvalue weighted by molar-refractivity contribution is 0.318. The molecule has 2 aromatic rings. The summed E-state index contributed by atoms with van der Waals surface area (Å²) in [5.74, 6) is 1.93. The first-order valence-electron chi connectivity index (χ1n) is 7.98. The van der Waals surface area contributed by atoms with Crippen molar-refractivity contribution in [2.24, 2.45) is 13.0 Å². The van der Waals surface area contributed by atoms with Crippen LogP contribution in [-0.2, 0) is 26.3 Å². The van der Waals surface area contributed by atoms with Crippen LogP contribution in [0, 0.1) is 5.92 Å². The van der Waals surface area contributed by atoms with Crippen LogP contribution in [0.2, 0.25) is 0 Å². The molecule has 1 aromatic carbocycles. The van der Waals surface area contributed by atoms with Crippen LogP contribution in [-0.4, -0.2) is 22.6 Å². The summed E-state index contributed by atoms with van der Waals surface area (Å²) >= 11 is 0. The van der Waals surface area contributed by atoms with E-state index in [-0.39, 0.29) is 0 Å². The number of aromatic nitrogens is 2. The van der Waals surface area contributed by atoms with Crippen LogP contribution in [0.1, 0.15) is 29.8 Å². The average Bonchev–Trinajstić information content (AvgIpc) is 2.93. The number of benzene rings is 1. The third-order valence-electron chi connectivity index (χ3n) is 4.92. The molecule has 2 unspecified atom stereocenters. The summed E-state index contributed by atoms with van der Waals surface area (Å²) in [6, 6.07) is 9.50. The van der Waals surface area contributed by atoms with Crippen molar-refractivity contribution in [2.75, 3.05) is 7.05 Å². The maximum Gasteiger partial charge on any atom is 0.108 e. The Morgan fingerprint density at radius 3 is 2.86 bits per heavy atom. The molecule has 1 N–H and O–H groups in total. The van der Waals surface area contributed by atoms with E-state index < -0.39 is 0 Å². The Labute approximate surface area is 127 Å². The highest BCUT2D eigenvalue weighted by Crippen LogP contribution is 2.28. The van der Waals surface area contributed by atoms with Crippen molar-refractivity contribution in [2.45, 2.75) is 38.1 Å². The third-order valence-corrected chi connectivity index (χ3v) is 4.92. The highest BCUT2D eigenvalue weighted by atomic mass is 15.0. The molecule has 3 heteroatoms. The van der Waals surface area contributed by atoms with Crippen molar-refractivity contribution in [1.29, 1.82) is 0 Å². The molecule has 21 heavy (non-hydrogen) atoms. The van der Waals surface area contributed by atoms with E-state index in [2.05, 4.69) is 53.2 Å². The lowest BCUT2D eigenvalue weighted by atomic mass is 9.79. The number of aryl methyl sites for hydroxylation is 3. The molecule has 3 rings (SSSR count). The van der Waals surface area contributed by atoms with Gasteiger partial charge in [0.2, 0.25) is 0 Å². The molecular formula is C18H25N3. The molecule has 0 radical (unpaired) electrons. The van der Waals surface area contributed by atoms with E-state index in [0.29, 0.717) is 6.04 Å². The molecule has 2 atom stereocenters. The Bertz CT molecular complexity index is 588. The lowest BCUT2D eigenvalue weighted by Crippen LogP contribution is -2.37. The highest BCUT2D eigenvalue weighted by Gasteiger charge is 2.25. The summed E-state index contributed by atoms with van der Waals surface area (Å²) < 4.78 is 2.13. The number of rotatable bonds is 5. The number of nitrogens with one attached hydrogen (secondary N) is 1. The van der Waals surface area contributed by atoms with E-state index in [9.17, 15) is 0 Å². The minimum absolute atomic E-state index is 0.579. The predicted molar refractivity (Wildman–Crippen MR) is 86.3 cm³/mol. The Hall–Kier alpha value is -1.61. The Morgan fingerprint density at radius 1 is 1.33 bits per heavy atom. The van der Waals surface area contributed by atoms with E-state index >= 15 is 0 Å². The van der Waals surface area contributed by atoms with E-state index in [1.807, 2.05) is 12.4 Å². The Kier molecular flexibility index (Phi) is 4.39. The largest absolute Gasteiger partial charge is 0.338 e. The smallest absolute Gasteiger partial charge is 0.108 e. The molecule has 0 fully saturated rings. The second kappa shape index (κ2) is 6.44. The zero-order chi connectivity index (χ0) is 14.7. The van der Waals surface area contributed by atoms with Crippen molar-refractivity contribution in [1.82, 2.24) is 14.9 Å². The quantitative estimate of drug-likeness (QED) is 0.914. The van der Waals surface area contributed by atoms with Crippen LogP contribution in [0.5, 0.6) is 0 Å². The summed E-state index contributed by atoms with van der Waals surface area (Å²) in [5.41, 5.74) is 3.10. The lowest BCUT2D eigenvalue weighted by Gasteiger charge is -2.31. The van der Waals surface area contributed by atoms with Crippen molar-refractivity contribution >= 4 is 0 Å². The first-order valence-corrected chi connectivity index (χ1v) is 7.98. The van der Waals surface area contributed by atoms with Gasteiger partial charge in [-0.1, -0.05) is 24.3 Å². The van der Waals surface area contributed by atoms with Gasteiger partial charge in [-0.15, -0.1) is 0 Å². The predicted octanol–water partition coefficient (Wildman–Crippen LogP) is 2.75. The molecule has 0 bridgehead atoms. The van der Waals surface area contributed by atoms with Gasteiger partial charge in [-0.3, -0.25) is 0 Å². The van der Waals surface area contributed by atoms with Crippen LogP contribution in [0.3, 0.4) is 0 Å². The van der Waals surface area contributed by atoms with Crippen molar-refractivity contribution in [3.05, 3.63) is 53.6 Å². The van der Waals surface area contributed by atoms with Gasteiger partial charge in [0, 0.05) is 31.9 Å². The third kappa shape index (κ3) is 3.18. The van der Waals surface area contributed by atoms with Crippen molar-refractivity contribution in [3.63, 3.8) is 0 Å². The SMILES string of the molecule is CNC(CCc1nccn1C)C1CCc2ccccc2C1. The molecule has 0 saturated carbocycles. The summed E-state index contributed by atoms with van der Waals surface area (Å²) in [4.78, 5) is 4.44. The molecule has 0 aliphatic heterocycles. The molecule has 0 amide bonds. The minimum atomic E-state index is 0.579. The number of fused-ring (bicyclic) bond motifs is 1. The summed E-state index contributed by atoms with van der Waals surface area (Å²) in [6.07, 6.45) is 9.86. The van der Waals surface area contributed by atoms with Gasteiger partial charge >= 0.3 is 0 Å². The van der Waals surface area contributed by atoms with Crippen molar-refractivity contribution in [3.8, 4) is 0 Å². The minimum Gasteiger partial charge on any atom is -0.338 e. The summed E-state index contributed by atoms with van der Waals surface area (Å²) in [6.45, 7) is 0. The Balaban J connectivity index is 1.63. The first-order chi connectivity index (χ1) is 10.3. The van der Waals surface area contributed by atoms with Gasteiger partial charge < -0.3 is 9.88 Å². The first kappa shape index (κ1) is 14.3. The maximum atomic E-state index is 4.44. The van der Waals surface area contributed by atoms with Gasteiger partial charge in [0.05, 0.1) is 0 Å². The van der Waals surface area contributed by atoms with Crippen LogP contribution in [0.4, 0.5) is 0 Å². The topological polar surface area (TPSA) is 29.9 Å². The Morgan fingerprint density at radius 2 is 2.14 bits per heavy atom. The number of nitrogens with zero attached hydrogens (tertiary/aromatic N) is 2. The van der Waals surface area contributed by atoms with Crippen LogP contribution in [0.15, 0.2) is 36.7 Å². The van der Waals surface area contributed by atoms with Gasteiger partial charge in [0.15, 0.2) is 0 Å². The molecular weight excluding hydrogens is 258 g/mol. The van der Waals surface area contributed by atoms with Gasteiger partial charge in [0.1, 0.15) is 5.82 Å². The van der Waals surface area contributed by atoms with E-state index in [1.165, 1.54) is 25.1 Å². The molecule has 0 spiro atoms. The zero-order valence-electron chi connectivity index (χ0n) is 13.0. The van der Waals surface area contributed by atoms with Crippen LogP contribution in [0.25, 0.3) is 0 Å². The number of hydrogen-bond donors (Lipinski definition) is 1. The molecule has 1 aromatic heterocycles. The van der Waals surface area contributed by atoms with Gasteiger partial charge in [-0.25, -0.2) is 4.98 Å². The number of imidazole rings is 1. The standard InChI is InChI=1S/C18H25N3/c1-19-17(9-10-18-20-11-12-21(18)2)16-8-7-14-5-3-4-6-15(14)13-16/h3-6,11-12,16-17,19H,7-10,13H2,1-2H3. The van der Waals surface area contributed by atoms with Crippen LogP contribution < -0.4 is 5.32 Å².